The average Bonchev–Trinajstić information content (AvgIpc) is 2.49. The number of nitrogens with one attached hydrogen (secondary N) is 1. The van der Waals surface area contributed by atoms with E-state index in [2.05, 4.69) is 5.32 Å². The zero-order valence-corrected chi connectivity index (χ0v) is 9.06. The highest BCUT2D eigenvalue weighted by Gasteiger charge is 2.80. The number of halogens is 2. The van der Waals surface area contributed by atoms with Gasteiger partial charge >= 0.3 is 5.97 Å². The molecule has 1 aliphatic carbocycles. The quantitative estimate of drug-likeness (QED) is 0.676. The van der Waals surface area contributed by atoms with Gasteiger partial charge in [-0.05, 0) is 20.8 Å². The molecule has 1 saturated carbocycles. The SMILES string of the molecule is CC(C)(C)OC(=O)[C@@H]1NC[C@]12CC2(F)F. The van der Waals surface area contributed by atoms with Gasteiger partial charge in [-0.1, -0.05) is 0 Å². The smallest absolute Gasteiger partial charge is 0.324 e. The molecule has 1 saturated heterocycles. The number of hydrogen-bond donors (Lipinski definition) is 1. The lowest BCUT2D eigenvalue weighted by Crippen LogP contribution is -2.62. The second-order valence-electron chi connectivity index (χ2n) is 5.38. The molecule has 1 N–H and O–H groups in total. The van der Waals surface area contributed by atoms with Crippen LogP contribution in [0.15, 0.2) is 0 Å². The van der Waals surface area contributed by atoms with Crippen LogP contribution < -0.4 is 5.32 Å². The van der Waals surface area contributed by atoms with Crippen molar-refractivity contribution in [1.82, 2.24) is 5.32 Å². The molecule has 0 radical (unpaired) electrons. The summed E-state index contributed by atoms with van der Waals surface area (Å²) in [5.41, 5.74) is -1.77. The molecule has 86 valence electrons. The van der Waals surface area contributed by atoms with Crippen LogP contribution in [-0.4, -0.2) is 30.1 Å². The van der Waals surface area contributed by atoms with E-state index in [0.717, 1.165) is 0 Å². The largest absolute Gasteiger partial charge is 0.459 e. The van der Waals surface area contributed by atoms with Crippen LogP contribution in [0.4, 0.5) is 8.78 Å². The molecule has 0 amide bonds. The Hall–Kier alpha value is -0.710. The summed E-state index contributed by atoms with van der Waals surface area (Å²) in [4.78, 5) is 11.6. The highest BCUT2D eigenvalue weighted by atomic mass is 19.3. The number of rotatable bonds is 1. The average molecular weight is 219 g/mol. The normalized spacial score (nSPS) is 37.3. The molecule has 0 unspecified atom stereocenters. The van der Waals surface area contributed by atoms with Crippen molar-refractivity contribution in [3.63, 3.8) is 0 Å². The van der Waals surface area contributed by atoms with E-state index < -0.39 is 28.9 Å². The maximum atomic E-state index is 13.0. The molecule has 1 heterocycles. The second kappa shape index (κ2) is 2.70. The maximum absolute atomic E-state index is 13.0. The molecule has 2 atom stereocenters. The zero-order valence-electron chi connectivity index (χ0n) is 9.06. The summed E-state index contributed by atoms with van der Waals surface area (Å²) in [5.74, 6) is -3.26. The summed E-state index contributed by atoms with van der Waals surface area (Å²) in [7, 11) is 0. The van der Waals surface area contributed by atoms with Crippen molar-refractivity contribution in [1.29, 1.82) is 0 Å². The molecule has 2 rings (SSSR count). The molecule has 1 spiro atoms. The third kappa shape index (κ3) is 1.53. The van der Waals surface area contributed by atoms with Gasteiger partial charge in [-0.15, -0.1) is 0 Å². The number of esters is 1. The number of carbonyl (C=O) groups excluding carboxylic acids is 1. The number of hydrogen-bond acceptors (Lipinski definition) is 3. The van der Waals surface area contributed by atoms with Crippen LogP contribution in [0.2, 0.25) is 0 Å². The molecule has 2 fully saturated rings. The van der Waals surface area contributed by atoms with Crippen LogP contribution in [0, 0.1) is 5.41 Å². The third-order valence-corrected chi connectivity index (χ3v) is 2.96. The van der Waals surface area contributed by atoms with E-state index >= 15 is 0 Å². The van der Waals surface area contributed by atoms with Crippen LogP contribution in [-0.2, 0) is 9.53 Å². The molecule has 0 aromatic carbocycles. The summed E-state index contributed by atoms with van der Waals surface area (Å²) < 4.78 is 31.1. The molecule has 2 aliphatic rings. The Labute approximate surface area is 87.2 Å². The van der Waals surface area contributed by atoms with E-state index in [1.54, 1.807) is 20.8 Å². The molecule has 3 nitrogen and oxygen atoms in total. The molecule has 1 aliphatic heterocycles. The van der Waals surface area contributed by atoms with E-state index in [-0.39, 0.29) is 13.0 Å². The predicted octanol–water partition coefficient (Wildman–Crippen LogP) is 1.33. The van der Waals surface area contributed by atoms with Crippen LogP contribution in [0.5, 0.6) is 0 Å². The lowest BCUT2D eigenvalue weighted by molar-refractivity contribution is -0.165. The molecule has 5 heteroatoms. The second-order valence-corrected chi connectivity index (χ2v) is 5.38. The number of ether oxygens (including phenoxy) is 1. The monoisotopic (exact) mass is 219 g/mol. The molecule has 0 aromatic rings. The molecular weight excluding hydrogens is 204 g/mol. The number of alkyl halides is 2. The van der Waals surface area contributed by atoms with Gasteiger partial charge in [-0.25, -0.2) is 8.78 Å². The highest BCUT2D eigenvalue weighted by molar-refractivity contribution is 5.80. The van der Waals surface area contributed by atoms with Crippen molar-refractivity contribution < 1.29 is 18.3 Å². The van der Waals surface area contributed by atoms with Crippen LogP contribution >= 0.6 is 0 Å². The fraction of sp³-hybridized carbons (Fsp3) is 0.900. The Kier molecular flexibility index (Phi) is 1.94. The Morgan fingerprint density at radius 2 is 2.00 bits per heavy atom. The fourth-order valence-electron chi connectivity index (χ4n) is 1.98. The number of carbonyl (C=O) groups is 1. The molecule has 0 aromatic heterocycles. The third-order valence-electron chi connectivity index (χ3n) is 2.96. The Morgan fingerprint density at radius 1 is 1.47 bits per heavy atom. The van der Waals surface area contributed by atoms with Gasteiger partial charge < -0.3 is 10.1 Å². The van der Waals surface area contributed by atoms with Crippen molar-refractivity contribution in [2.24, 2.45) is 5.41 Å². The van der Waals surface area contributed by atoms with Crippen molar-refractivity contribution >= 4 is 5.97 Å². The fourth-order valence-corrected chi connectivity index (χ4v) is 1.98. The van der Waals surface area contributed by atoms with E-state index in [4.69, 9.17) is 4.74 Å². The van der Waals surface area contributed by atoms with Gasteiger partial charge in [0.25, 0.3) is 5.92 Å². The van der Waals surface area contributed by atoms with Crippen molar-refractivity contribution in [3.8, 4) is 0 Å². The molecular formula is C10H15F2NO2. The van der Waals surface area contributed by atoms with E-state index in [1.165, 1.54) is 0 Å². The van der Waals surface area contributed by atoms with Gasteiger partial charge in [0.2, 0.25) is 0 Å². The summed E-state index contributed by atoms with van der Waals surface area (Å²) in [5, 5.41) is 2.72. The first-order chi connectivity index (χ1) is 6.68. The molecule has 0 bridgehead atoms. The highest BCUT2D eigenvalue weighted by Crippen LogP contribution is 2.65. The van der Waals surface area contributed by atoms with E-state index in [0.29, 0.717) is 0 Å². The standard InChI is InChI=1S/C10H15F2NO2/c1-8(2,3)15-7(14)6-9(5-13-6)4-10(9,11)12/h6,13H,4-5H2,1-3H3/t6-,9+/m0/s1. The van der Waals surface area contributed by atoms with Crippen molar-refractivity contribution in [3.05, 3.63) is 0 Å². The first-order valence-electron chi connectivity index (χ1n) is 5.02. The summed E-state index contributed by atoms with van der Waals surface area (Å²) in [6, 6.07) is -0.827. The van der Waals surface area contributed by atoms with Gasteiger partial charge in [0.1, 0.15) is 11.6 Å². The van der Waals surface area contributed by atoms with Crippen molar-refractivity contribution in [2.75, 3.05) is 6.54 Å². The van der Waals surface area contributed by atoms with E-state index in [9.17, 15) is 13.6 Å². The summed E-state index contributed by atoms with van der Waals surface area (Å²) >= 11 is 0. The first-order valence-corrected chi connectivity index (χ1v) is 5.02. The van der Waals surface area contributed by atoms with Gasteiger partial charge in [0.15, 0.2) is 0 Å². The Balaban J connectivity index is 2.00. The lowest BCUT2D eigenvalue weighted by atomic mass is 9.87. The topological polar surface area (TPSA) is 38.3 Å². The van der Waals surface area contributed by atoms with E-state index in [1.807, 2.05) is 0 Å². The minimum absolute atomic E-state index is 0.198. The Morgan fingerprint density at radius 3 is 2.27 bits per heavy atom. The van der Waals surface area contributed by atoms with Crippen LogP contribution in [0.25, 0.3) is 0 Å². The minimum atomic E-state index is -2.69. The summed E-state index contributed by atoms with van der Waals surface area (Å²) in [6.07, 6.45) is -0.198. The van der Waals surface area contributed by atoms with Crippen LogP contribution in [0.3, 0.4) is 0 Å². The van der Waals surface area contributed by atoms with Crippen LogP contribution in [0.1, 0.15) is 27.2 Å². The maximum Gasteiger partial charge on any atom is 0.324 e. The van der Waals surface area contributed by atoms with Gasteiger partial charge in [-0.2, -0.15) is 0 Å². The molecule has 15 heavy (non-hydrogen) atoms. The van der Waals surface area contributed by atoms with Gasteiger partial charge in [0, 0.05) is 13.0 Å². The predicted molar refractivity (Wildman–Crippen MR) is 49.6 cm³/mol. The first kappa shape index (κ1) is 10.8. The lowest BCUT2D eigenvalue weighted by Gasteiger charge is -2.38. The zero-order chi connectivity index (χ0) is 11.5. The summed E-state index contributed by atoms with van der Waals surface area (Å²) in [6.45, 7) is 5.38. The van der Waals surface area contributed by atoms with Gasteiger partial charge in [0.05, 0.1) is 5.41 Å². The Bertz CT molecular complexity index is 311. The van der Waals surface area contributed by atoms with Gasteiger partial charge in [-0.3, -0.25) is 4.79 Å². The minimum Gasteiger partial charge on any atom is -0.459 e. The van der Waals surface area contributed by atoms with Crippen molar-refractivity contribution in [2.45, 2.75) is 44.8 Å².